The molecule has 1 aromatic heterocycles. The van der Waals surface area contributed by atoms with E-state index in [0.29, 0.717) is 42.1 Å². The summed E-state index contributed by atoms with van der Waals surface area (Å²) in [7, 11) is 0. The predicted octanol–water partition coefficient (Wildman–Crippen LogP) is 2.78. The topological polar surface area (TPSA) is 91.2 Å². The summed E-state index contributed by atoms with van der Waals surface area (Å²) in [6, 6.07) is 11.4. The summed E-state index contributed by atoms with van der Waals surface area (Å²) in [6.07, 6.45) is 0.798. The molecule has 0 spiro atoms. The number of amides is 1. The van der Waals surface area contributed by atoms with Crippen LogP contribution >= 0.6 is 11.6 Å². The smallest absolute Gasteiger partial charge is 0.243 e. The minimum absolute atomic E-state index is 0.0306. The lowest BCUT2D eigenvalue weighted by molar-refractivity contribution is -0.122. The molecule has 0 radical (unpaired) electrons. The monoisotopic (exact) mass is 413 g/mol. The Morgan fingerprint density at radius 3 is 2.83 bits per heavy atom. The Morgan fingerprint density at radius 1 is 1.21 bits per heavy atom. The molecule has 0 unspecified atom stereocenters. The van der Waals surface area contributed by atoms with Gasteiger partial charge in [0, 0.05) is 18.5 Å². The minimum atomic E-state index is -0.235. The molecule has 1 amide bonds. The number of ether oxygens (including phenoxy) is 2. The van der Waals surface area contributed by atoms with Gasteiger partial charge in [0.25, 0.3) is 0 Å². The van der Waals surface area contributed by atoms with Crippen molar-refractivity contribution < 1.29 is 14.3 Å². The predicted molar refractivity (Wildman–Crippen MR) is 107 cm³/mol. The largest absolute Gasteiger partial charge is 0.489 e. The Morgan fingerprint density at radius 2 is 2.00 bits per heavy atom. The van der Waals surface area contributed by atoms with Crippen LogP contribution < -0.4 is 14.8 Å². The van der Waals surface area contributed by atoms with E-state index in [1.54, 1.807) is 6.07 Å². The number of benzene rings is 2. The van der Waals surface area contributed by atoms with Gasteiger partial charge in [0.05, 0.1) is 18.2 Å². The van der Waals surface area contributed by atoms with Gasteiger partial charge >= 0.3 is 0 Å². The number of carbonyl (C=O) groups is 1. The molecule has 29 heavy (non-hydrogen) atoms. The number of nitrogens with zero attached hydrogens (tertiary/aromatic N) is 4. The molecule has 8 nitrogen and oxygen atoms in total. The highest BCUT2D eigenvalue weighted by atomic mass is 35.5. The fraction of sp³-hybridized carbons (Fsp3) is 0.300. The minimum Gasteiger partial charge on any atom is -0.489 e. The third-order valence-corrected chi connectivity index (χ3v) is 4.68. The van der Waals surface area contributed by atoms with Crippen LogP contribution in [-0.2, 0) is 17.9 Å². The van der Waals surface area contributed by atoms with E-state index in [0.717, 1.165) is 23.1 Å². The van der Waals surface area contributed by atoms with Crippen molar-refractivity contribution >= 4 is 17.5 Å². The third-order valence-electron chi connectivity index (χ3n) is 4.40. The van der Waals surface area contributed by atoms with Crippen molar-refractivity contribution in [2.75, 3.05) is 13.2 Å². The van der Waals surface area contributed by atoms with Gasteiger partial charge in [-0.05, 0) is 29.8 Å². The third kappa shape index (κ3) is 4.65. The summed E-state index contributed by atoms with van der Waals surface area (Å²) >= 11 is 6.29. The molecule has 0 saturated carbocycles. The average molecular weight is 414 g/mol. The first-order valence-electron chi connectivity index (χ1n) is 9.28. The number of rotatable bonds is 5. The van der Waals surface area contributed by atoms with E-state index in [-0.39, 0.29) is 12.5 Å². The molecule has 0 fully saturated rings. The SMILES string of the molecule is Cc1ccc(-c2nnn(CC(=O)NCc3cc(Cl)c4c(c3)OCCCO4)n2)cc1. The number of hydrogen-bond acceptors (Lipinski definition) is 6. The van der Waals surface area contributed by atoms with Crippen LogP contribution in [0.4, 0.5) is 0 Å². The van der Waals surface area contributed by atoms with Crippen molar-refractivity contribution in [2.45, 2.75) is 26.4 Å². The van der Waals surface area contributed by atoms with Crippen LogP contribution in [0.3, 0.4) is 0 Å². The summed E-state index contributed by atoms with van der Waals surface area (Å²) in [5, 5.41) is 15.5. The summed E-state index contributed by atoms with van der Waals surface area (Å²) in [6.45, 7) is 3.42. The number of hydrogen-bond donors (Lipinski definition) is 1. The number of aryl methyl sites for hydroxylation is 1. The van der Waals surface area contributed by atoms with Crippen LogP contribution in [0.5, 0.6) is 11.5 Å². The molecule has 9 heteroatoms. The summed E-state index contributed by atoms with van der Waals surface area (Å²) < 4.78 is 11.3. The second kappa shape index (κ2) is 8.48. The van der Waals surface area contributed by atoms with Gasteiger partial charge in [-0.25, -0.2) is 0 Å². The van der Waals surface area contributed by atoms with E-state index in [2.05, 4.69) is 20.7 Å². The van der Waals surface area contributed by atoms with Crippen LogP contribution in [0.15, 0.2) is 36.4 Å². The van der Waals surface area contributed by atoms with E-state index in [1.165, 1.54) is 4.80 Å². The first-order valence-corrected chi connectivity index (χ1v) is 9.66. The average Bonchev–Trinajstić information content (AvgIpc) is 3.03. The molecule has 150 valence electrons. The van der Waals surface area contributed by atoms with E-state index < -0.39 is 0 Å². The molecule has 0 bridgehead atoms. The molecule has 0 aliphatic carbocycles. The second-order valence-electron chi connectivity index (χ2n) is 6.74. The van der Waals surface area contributed by atoms with Gasteiger partial charge in [-0.1, -0.05) is 41.4 Å². The zero-order valence-corrected chi connectivity index (χ0v) is 16.6. The van der Waals surface area contributed by atoms with Crippen molar-refractivity contribution in [2.24, 2.45) is 0 Å². The van der Waals surface area contributed by atoms with Crippen LogP contribution in [0.25, 0.3) is 11.4 Å². The molecule has 1 aliphatic rings. The summed E-state index contributed by atoms with van der Waals surface area (Å²) in [5.74, 6) is 1.39. The van der Waals surface area contributed by atoms with Crippen LogP contribution in [0.1, 0.15) is 17.5 Å². The van der Waals surface area contributed by atoms with E-state index in [1.807, 2.05) is 37.3 Å². The molecule has 2 aromatic carbocycles. The molecule has 3 aromatic rings. The van der Waals surface area contributed by atoms with Gasteiger partial charge in [0.2, 0.25) is 11.7 Å². The van der Waals surface area contributed by atoms with Crippen molar-refractivity contribution in [3.8, 4) is 22.9 Å². The number of halogens is 1. The number of fused-ring (bicyclic) bond motifs is 1. The quantitative estimate of drug-likeness (QED) is 0.691. The lowest BCUT2D eigenvalue weighted by Crippen LogP contribution is -2.28. The molecule has 4 rings (SSSR count). The molecule has 1 aliphatic heterocycles. The molecular formula is C20H20ClN5O3. The number of aromatic nitrogens is 4. The highest BCUT2D eigenvalue weighted by molar-refractivity contribution is 6.32. The van der Waals surface area contributed by atoms with Crippen LogP contribution in [-0.4, -0.2) is 39.3 Å². The number of carbonyl (C=O) groups excluding carboxylic acids is 1. The molecule has 0 atom stereocenters. The van der Waals surface area contributed by atoms with Gasteiger partial charge in [0.15, 0.2) is 11.5 Å². The molecule has 1 N–H and O–H groups in total. The fourth-order valence-corrected chi connectivity index (χ4v) is 3.19. The summed E-state index contributed by atoms with van der Waals surface area (Å²) in [4.78, 5) is 13.5. The van der Waals surface area contributed by atoms with Crippen LogP contribution in [0, 0.1) is 6.92 Å². The highest BCUT2D eigenvalue weighted by Gasteiger charge is 2.16. The van der Waals surface area contributed by atoms with Crippen molar-refractivity contribution in [1.29, 1.82) is 0 Å². The zero-order valence-electron chi connectivity index (χ0n) is 15.9. The maximum Gasteiger partial charge on any atom is 0.243 e. The van der Waals surface area contributed by atoms with Gasteiger partial charge < -0.3 is 14.8 Å². The Bertz CT molecular complexity index is 1020. The standard InChI is InChI=1S/C20H20ClN5O3/c1-13-3-5-15(6-4-13)20-23-25-26(24-20)12-18(27)22-11-14-9-16(21)19-17(10-14)28-7-2-8-29-19/h3-6,9-10H,2,7-8,11-12H2,1H3,(H,22,27). The first kappa shape index (κ1) is 19.2. The normalized spacial score (nSPS) is 13.0. The molecule has 2 heterocycles. The van der Waals surface area contributed by atoms with Crippen molar-refractivity contribution in [3.63, 3.8) is 0 Å². The maximum atomic E-state index is 12.3. The highest BCUT2D eigenvalue weighted by Crippen LogP contribution is 2.37. The van der Waals surface area contributed by atoms with Gasteiger partial charge in [0.1, 0.15) is 6.54 Å². The van der Waals surface area contributed by atoms with Crippen LogP contribution in [0.2, 0.25) is 5.02 Å². The number of tetrazole rings is 1. The maximum absolute atomic E-state index is 12.3. The second-order valence-corrected chi connectivity index (χ2v) is 7.15. The van der Waals surface area contributed by atoms with E-state index in [9.17, 15) is 4.79 Å². The van der Waals surface area contributed by atoms with Crippen molar-refractivity contribution in [1.82, 2.24) is 25.5 Å². The Kier molecular flexibility index (Phi) is 5.62. The van der Waals surface area contributed by atoms with Crippen molar-refractivity contribution in [3.05, 3.63) is 52.5 Å². The lowest BCUT2D eigenvalue weighted by Gasteiger charge is -2.12. The first-order chi connectivity index (χ1) is 14.1. The molecular weight excluding hydrogens is 394 g/mol. The van der Waals surface area contributed by atoms with Gasteiger partial charge in [-0.3, -0.25) is 4.79 Å². The van der Waals surface area contributed by atoms with Gasteiger partial charge in [-0.2, -0.15) is 4.80 Å². The van der Waals surface area contributed by atoms with E-state index in [4.69, 9.17) is 21.1 Å². The Hall–Kier alpha value is -3.13. The Labute approximate surface area is 172 Å². The zero-order chi connectivity index (χ0) is 20.2. The summed E-state index contributed by atoms with van der Waals surface area (Å²) in [5.41, 5.74) is 2.82. The Balaban J connectivity index is 1.36. The lowest BCUT2D eigenvalue weighted by atomic mass is 10.1. The fourth-order valence-electron chi connectivity index (χ4n) is 2.90. The van der Waals surface area contributed by atoms with Gasteiger partial charge in [-0.15, -0.1) is 10.2 Å². The number of nitrogens with one attached hydrogen (secondary N) is 1. The molecule has 0 saturated heterocycles. The van der Waals surface area contributed by atoms with E-state index >= 15 is 0 Å².